The first kappa shape index (κ1) is 14.3. The lowest BCUT2D eigenvalue weighted by Crippen LogP contribution is -2.44. The fourth-order valence-electron chi connectivity index (χ4n) is 3.66. The molecule has 1 aliphatic heterocycles. The maximum absolute atomic E-state index is 12.4. The number of piperidine rings is 1. The number of nitrogen functional groups attached to an aromatic ring is 1. The van der Waals surface area contributed by atoms with Gasteiger partial charge < -0.3 is 10.3 Å². The number of likely N-dealkylation sites (tertiary alicyclic amines) is 1. The molecule has 1 amide bonds. The van der Waals surface area contributed by atoms with Gasteiger partial charge in [0.05, 0.1) is 12.4 Å². The SMILES string of the molecule is NNc1cnc(C(=O)N2CCC3(CCCCC3)CC2)cn1. The smallest absolute Gasteiger partial charge is 0.274 e. The van der Waals surface area contributed by atoms with Gasteiger partial charge in [0.15, 0.2) is 5.82 Å². The van der Waals surface area contributed by atoms with Crippen LogP contribution >= 0.6 is 0 Å². The van der Waals surface area contributed by atoms with Gasteiger partial charge in [0, 0.05) is 13.1 Å². The Labute approximate surface area is 125 Å². The van der Waals surface area contributed by atoms with Crippen LogP contribution in [-0.2, 0) is 0 Å². The van der Waals surface area contributed by atoms with E-state index in [2.05, 4.69) is 15.4 Å². The highest BCUT2D eigenvalue weighted by atomic mass is 16.2. The van der Waals surface area contributed by atoms with Crippen molar-refractivity contribution < 1.29 is 4.79 Å². The second-order valence-corrected chi connectivity index (χ2v) is 6.28. The van der Waals surface area contributed by atoms with Crippen molar-refractivity contribution in [3.63, 3.8) is 0 Å². The lowest BCUT2D eigenvalue weighted by molar-refractivity contribution is 0.0467. The Bertz CT molecular complexity index is 485. The van der Waals surface area contributed by atoms with Crippen LogP contribution in [0.4, 0.5) is 5.82 Å². The van der Waals surface area contributed by atoms with Crippen LogP contribution in [0.2, 0.25) is 0 Å². The molecule has 0 aromatic carbocycles. The van der Waals surface area contributed by atoms with Crippen molar-refractivity contribution in [1.29, 1.82) is 0 Å². The van der Waals surface area contributed by atoms with Gasteiger partial charge in [0.1, 0.15) is 5.69 Å². The van der Waals surface area contributed by atoms with E-state index < -0.39 is 0 Å². The number of carbonyl (C=O) groups is 1. The Morgan fingerprint density at radius 3 is 2.38 bits per heavy atom. The molecule has 114 valence electrons. The van der Waals surface area contributed by atoms with Gasteiger partial charge in [-0.1, -0.05) is 19.3 Å². The molecule has 1 aliphatic carbocycles. The molecule has 1 saturated carbocycles. The first-order chi connectivity index (χ1) is 10.2. The van der Waals surface area contributed by atoms with Crippen LogP contribution in [0.1, 0.15) is 55.4 Å². The number of rotatable bonds is 2. The van der Waals surface area contributed by atoms with E-state index in [4.69, 9.17) is 5.84 Å². The third kappa shape index (κ3) is 3.00. The monoisotopic (exact) mass is 289 g/mol. The quantitative estimate of drug-likeness (QED) is 0.642. The average Bonchev–Trinajstić information content (AvgIpc) is 2.56. The summed E-state index contributed by atoms with van der Waals surface area (Å²) >= 11 is 0. The summed E-state index contributed by atoms with van der Waals surface area (Å²) in [6.45, 7) is 1.69. The molecule has 1 aromatic heterocycles. The number of hydrogen-bond donors (Lipinski definition) is 2. The van der Waals surface area contributed by atoms with Crippen LogP contribution in [0, 0.1) is 5.41 Å². The molecule has 1 aromatic rings. The standard InChI is InChI=1S/C15H23N5O/c16-19-13-11-17-12(10-18-13)14(21)20-8-6-15(7-9-20)4-2-1-3-5-15/h10-11H,1-9,16H2,(H,18,19). The van der Waals surface area contributed by atoms with Crippen LogP contribution in [0.15, 0.2) is 12.4 Å². The first-order valence-electron chi connectivity index (χ1n) is 7.80. The van der Waals surface area contributed by atoms with Gasteiger partial charge in [-0.3, -0.25) is 4.79 Å². The molecule has 0 bridgehead atoms. The van der Waals surface area contributed by atoms with Gasteiger partial charge in [0.2, 0.25) is 0 Å². The topological polar surface area (TPSA) is 84.1 Å². The van der Waals surface area contributed by atoms with Gasteiger partial charge in [-0.05, 0) is 31.1 Å². The second-order valence-electron chi connectivity index (χ2n) is 6.28. The van der Waals surface area contributed by atoms with Crippen molar-refractivity contribution in [1.82, 2.24) is 14.9 Å². The van der Waals surface area contributed by atoms with Crippen LogP contribution in [0.25, 0.3) is 0 Å². The minimum absolute atomic E-state index is 0.0169. The molecule has 3 N–H and O–H groups in total. The molecule has 0 radical (unpaired) electrons. The Morgan fingerprint density at radius 2 is 1.81 bits per heavy atom. The van der Waals surface area contributed by atoms with E-state index in [1.807, 2.05) is 4.90 Å². The Balaban J connectivity index is 1.61. The number of aromatic nitrogens is 2. The zero-order valence-electron chi connectivity index (χ0n) is 12.3. The fourth-order valence-corrected chi connectivity index (χ4v) is 3.66. The van der Waals surface area contributed by atoms with Crippen molar-refractivity contribution in [2.45, 2.75) is 44.9 Å². The van der Waals surface area contributed by atoms with Crippen LogP contribution in [-0.4, -0.2) is 33.9 Å². The number of hydrogen-bond acceptors (Lipinski definition) is 5. The minimum atomic E-state index is -0.0169. The average molecular weight is 289 g/mol. The molecule has 1 spiro atoms. The molecule has 6 nitrogen and oxygen atoms in total. The van der Waals surface area contributed by atoms with Crippen LogP contribution in [0.5, 0.6) is 0 Å². The zero-order valence-corrected chi connectivity index (χ0v) is 12.3. The van der Waals surface area contributed by atoms with Crippen molar-refractivity contribution in [3.8, 4) is 0 Å². The Hall–Kier alpha value is -1.69. The van der Waals surface area contributed by atoms with E-state index in [1.54, 1.807) is 0 Å². The summed E-state index contributed by atoms with van der Waals surface area (Å²) in [5.74, 6) is 5.70. The highest BCUT2D eigenvalue weighted by molar-refractivity contribution is 5.92. The number of hydrazine groups is 1. The van der Waals surface area contributed by atoms with E-state index in [0.29, 0.717) is 16.9 Å². The second kappa shape index (κ2) is 5.97. The molecule has 2 aliphatic rings. The Kier molecular flexibility index (Phi) is 4.05. The summed E-state index contributed by atoms with van der Waals surface area (Å²) < 4.78 is 0. The maximum atomic E-state index is 12.4. The van der Waals surface area contributed by atoms with E-state index in [9.17, 15) is 4.79 Å². The number of carbonyl (C=O) groups excluding carboxylic acids is 1. The third-order valence-electron chi connectivity index (χ3n) is 5.04. The molecular formula is C15H23N5O. The number of nitrogens with two attached hydrogens (primary N) is 1. The zero-order chi connectivity index (χ0) is 14.7. The summed E-state index contributed by atoms with van der Waals surface area (Å²) in [6, 6.07) is 0. The summed E-state index contributed by atoms with van der Waals surface area (Å²) in [5, 5.41) is 0. The predicted molar refractivity (Wildman–Crippen MR) is 80.5 cm³/mol. The third-order valence-corrected chi connectivity index (χ3v) is 5.04. The van der Waals surface area contributed by atoms with Crippen molar-refractivity contribution >= 4 is 11.7 Å². The molecular weight excluding hydrogens is 266 g/mol. The van der Waals surface area contributed by atoms with Gasteiger partial charge in [-0.25, -0.2) is 15.8 Å². The van der Waals surface area contributed by atoms with Crippen molar-refractivity contribution in [3.05, 3.63) is 18.1 Å². The van der Waals surface area contributed by atoms with Crippen molar-refractivity contribution in [2.24, 2.45) is 11.3 Å². The molecule has 21 heavy (non-hydrogen) atoms. The summed E-state index contributed by atoms with van der Waals surface area (Å²) in [5.41, 5.74) is 3.32. The lowest BCUT2D eigenvalue weighted by Gasteiger charge is -2.44. The maximum Gasteiger partial charge on any atom is 0.274 e. The van der Waals surface area contributed by atoms with Gasteiger partial charge >= 0.3 is 0 Å². The van der Waals surface area contributed by atoms with Gasteiger partial charge in [-0.15, -0.1) is 0 Å². The molecule has 2 fully saturated rings. The van der Waals surface area contributed by atoms with E-state index >= 15 is 0 Å². The number of anilines is 1. The highest BCUT2D eigenvalue weighted by Gasteiger charge is 2.36. The number of amides is 1. The molecule has 0 unspecified atom stereocenters. The molecule has 6 heteroatoms. The largest absolute Gasteiger partial charge is 0.337 e. The number of nitrogens with zero attached hydrogens (tertiary/aromatic N) is 3. The van der Waals surface area contributed by atoms with E-state index in [1.165, 1.54) is 44.5 Å². The highest BCUT2D eigenvalue weighted by Crippen LogP contribution is 2.44. The van der Waals surface area contributed by atoms with Crippen LogP contribution < -0.4 is 11.3 Å². The van der Waals surface area contributed by atoms with E-state index in [-0.39, 0.29) is 5.91 Å². The summed E-state index contributed by atoms with van der Waals surface area (Å²) in [4.78, 5) is 22.5. The number of nitrogens with one attached hydrogen (secondary N) is 1. The first-order valence-corrected chi connectivity index (χ1v) is 7.80. The van der Waals surface area contributed by atoms with Crippen LogP contribution in [0.3, 0.4) is 0 Å². The predicted octanol–water partition coefficient (Wildman–Crippen LogP) is 1.95. The van der Waals surface area contributed by atoms with Gasteiger partial charge in [-0.2, -0.15) is 0 Å². The lowest BCUT2D eigenvalue weighted by atomic mass is 9.68. The normalized spacial score (nSPS) is 21.3. The minimum Gasteiger partial charge on any atom is -0.337 e. The summed E-state index contributed by atoms with van der Waals surface area (Å²) in [7, 11) is 0. The molecule has 3 rings (SSSR count). The molecule has 1 saturated heterocycles. The molecule has 2 heterocycles. The summed E-state index contributed by atoms with van der Waals surface area (Å²) in [6.07, 6.45) is 12.0. The van der Waals surface area contributed by atoms with E-state index in [0.717, 1.165) is 25.9 Å². The fraction of sp³-hybridized carbons (Fsp3) is 0.667. The van der Waals surface area contributed by atoms with Crippen molar-refractivity contribution in [2.75, 3.05) is 18.5 Å². The van der Waals surface area contributed by atoms with Gasteiger partial charge in [0.25, 0.3) is 5.91 Å². The Morgan fingerprint density at radius 1 is 1.10 bits per heavy atom. The molecule has 0 atom stereocenters.